The van der Waals surface area contributed by atoms with E-state index in [1.807, 2.05) is 44.2 Å². The van der Waals surface area contributed by atoms with Crippen molar-refractivity contribution in [3.8, 4) is 11.3 Å². The minimum atomic E-state index is -0.277. The molecular weight excluding hydrogens is 322 g/mol. The number of H-pyrrole nitrogens is 1. The first-order chi connectivity index (χ1) is 11.6. The Balaban J connectivity index is 1.70. The lowest BCUT2D eigenvalue weighted by molar-refractivity contribution is -0.115. The van der Waals surface area contributed by atoms with Crippen molar-refractivity contribution < 1.29 is 4.79 Å². The summed E-state index contributed by atoms with van der Waals surface area (Å²) in [5, 5.41) is 10.6. The molecule has 0 unspecified atom stereocenters. The predicted molar refractivity (Wildman–Crippen MR) is 94.7 cm³/mol. The molecule has 3 aromatic rings. The molecule has 0 spiro atoms. The summed E-state index contributed by atoms with van der Waals surface area (Å²) in [7, 11) is 0. The van der Waals surface area contributed by atoms with Crippen LogP contribution >= 0.6 is 11.8 Å². The van der Waals surface area contributed by atoms with Crippen molar-refractivity contribution in [2.45, 2.75) is 24.1 Å². The molecule has 6 nitrogen and oxygen atoms in total. The molecule has 0 aromatic carbocycles. The van der Waals surface area contributed by atoms with Gasteiger partial charge in [0.1, 0.15) is 0 Å². The number of amides is 1. The zero-order valence-electron chi connectivity index (χ0n) is 13.4. The molecule has 0 radical (unpaired) electrons. The average Bonchev–Trinajstić information content (AvgIpc) is 2.97. The minimum Gasteiger partial charge on any atom is -0.308 e. The molecule has 0 saturated heterocycles. The predicted octanol–water partition coefficient (Wildman–Crippen LogP) is 3.29. The minimum absolute atomic E-state index is 0.110. The van der Waals surface area contributed by atoms with Crippen LogP contribution in [0.2, 0.25) is 0 Å². The number of carbonyl (C=O) groups excluding carboxylic acids is 1. The van der Waals surface area contributed by atoms with Gasteiger partial charge < -0.3 is 5.32 Å². The van der Waals surface area contributed by atoms with Crippen LogP contribution in [-0.4, -0.2) is 31.3 Å². The molecule has 122 valence electrons. The van der Waals surface area contributed by atoms with Crippen molar-refractivity contribution in [1.82, 2.24) is 20.2 Å². The first-order valence-electron chi connectivity index (χ1n) is 7.49. The molecule has 0 fully saturated rings. The second-order valence-electron chi connectivity index (χ2n) is 5.23. The normalized spacial score (nSPS) is 11.9. The van der Waals surface area contributed by atoms with Gasteiger partial charge in [0.15, 0.2) is 5.82 Å². The van der Waals surface area contributed by atoms with Crippen LogP contribution in [0.1, 0.15) is 12.5 Å². The summed E-state index contributed by atoms with van der Waals surface area (Å²) in [5.41, 5.74) is 2.74. The monoisotopic (exact) mass is 339 g/mol. The van der Waals surface area contributed by atoms with E-state index in [0.29, 0.717) is 5.82 Å². The number of nitrogens with one attached hydrogen (secondary N) is 2. The van der Waals surface area contributed by atoms with Crippen molar-refractivity contribution in [1.29, 1.82) is 0 Å². The number of hydrogen-bond acceptors (Lipinski definition) is 5. The summed E-state index contributed by atoms with van der Waals surface area (Å²) in [4.78, 5) is 20.6. The Morgan fingerprint density at radius 3 is 2.71 bits per heavy atom. The SMILES string of the molecule is Cc1c(NC(=O)[C@H](C)Sc2ccccn2)n[nH]c1-c1ccncc1. The molecule has 0 saturated carbocycles. The lowest BCUT2D eigenvalue weighted by Gasteiger charge is -2.10. The van der Waals surface area contributed by atoms with E-state index in [2.05, 4.69) is 25.5 Å². The highest BCUT2D eigenvalue weighted by molar-refractivity contribution is 8.00. The number of carbonyl (C=O) groups is 1. The Bertz CT molecular complexity index is 820. The summed E-state index contributed by atoms with van der Waals surface area (Å²) in [6, 6.07) is 9.43. The lowest BCUT2D eigenvalue weighted by atomic mass is 10.1. The van der Waals surface area contributed by atoms with Crippen LogP contribution in [0.5, 0.6) is 0 Å². The van der Waals surface area contributed by atoms with E-state index in [0.717, 1.165) is 21.8 Å². The molecule has 0 aliphatic carbocycles. The number of hydrogen-bond donors (Lipinski definition) is 2. The van der Waals surface area contributed by atoms with Crippen molar-refractivity contribution in [2.24, 2.45) is 0 Å². The molecule has 1 atom stereocenters. The highest BCUT2D eigenvalue weighted by Gasteiger charge is 2.18. The number of nitrogens with zero attached hydrogens (tertiary/aromatic N) is 3. The van der Waals surface area contributed by atoms with Crippen LogP contribution in [0.3, 0.4) is 0 Å². The van der Waals surface area contributed by atoms with E-state index >= 15 is 0 Å². The molecule has 3 heterocycles. The molecule has 3 rings (SSSR count). The Morgan fingerprint density at radius 1 is 1.21 bits per heavy atom. The molecule has 24 heavy (non-hydrogen) atoms. The smallest absolute Gasteiger partial charge is 0.238 e. The van der Waals surface area contributed by atoms with Gasteiger partial charge in [-0.1, -0.05) is 17.8 Å². The van der Waals surface area contributed by atoms with Gasteiger partial charge in [0.05, 0.1) is 16.0 Å². The van der Waals surface area contributed by atoms with Crippen LogP contribution in [0.25, 0.3) is 11.3 Å². The van der Waals surface area contributed by atoms with Crippen LogP contribution in [0.4, 0.5) is 5.82 Å². The van der Waals surface area contributed by atoms with Crippen molar-refractivity contribution in [3.05, 3.63) is 54.5 Å². The summed E-state index contributed by atoms with van der Waals surface area (Å²) >= 11 is 1.41. The Hall–Kier alpha value is -2.67. The fourth-order valence-electron chi connectivity index (χ4n) is 2.19. The highest BCUT2D eigenvalue weighted by atomic mass is 32.2. The number of aromatic amines is 1. The van der Waals surface area contributed by atoms with Gasteiger partial charge in [-0.2, -0.15) is 5.10 Å². The van der Waals surface area contributed by atoms with Gasteiger partial charge >= 0.3 is 0 Å². The maximum absolute atomic E-state index is 12.4. The van der Waals surface area contributed by atoms with Gasteiger partial charge in [0.25, 0.3) is 0 Å². The Labute approximate surface area is 144 Å². The quantitative estimate of drug-likeness (QED) is 0.697. The first kappa shape index (κ1) is 16.2. The van der Waals surface area contributed by atoms with Gasteiger partial charge in [-0.15, -0.1) is 0 Å². The maximum Gasteiger partial charge on any atom is 0.238 e. The Kier molecular flexibility index (Phi) is 4.90. The zero-order chi connectivity index (χ0) is 16.9. The van der Waals surface area contributed by atoms with E-state index in [1.54, 1.807) is 18.6 Å². The molecule has 0 aliphatic heterocycles. The average molecular weight is 339 g/mol. The van der Waals surface area contributed by atoms with Crippen molar-refractivity contribution >= 4 is 23.5 Å². The lowest BCUT2D eigenvalue weighted by Crippen LogP contribution is -2.23. The summed E-state index contributed by atoms with van der Waals surface area (Å²) in [5.74, 6) is 0.432. The van der Waals surface area contributed by atoms with E-state index in [9.17, 15) is 4.79 Å². The first-order valence-corrected chi connectivity index (χ1v) is 8.37. The maximum atomic E-state index is 12.4. The number of thioether (sulfide) groups is 1. The van der Waals surface area contributed by atoms with Gasteiger partial charge in [-0.05, 0) is 38.1 Å². The highest BCUT2D eigenvalue weighted by Crippen LogP contribution is 2.26. The number of anilines is 1. The third kappa shape index (κ3) is 3.62. The summed E-state index contributed by atoms with van der Waals surface area (Å²) in [6.07, 6.45) is 5.16. The summed E-state index contributed by atoms with van der Waals surface area (Å²) in [6.45, 7) is 3.77. The summed E-state index contributed by atoms with van der Waals surface area (Å²) < 4.78 is 0. The third-order valence-corrected chi connectivity index (χ3v) is 4.58. The molecular formula is C17H17N5OS. The van der Waals surface area contributed by atoms with Gasteiger partial charge in [-0.3, -0.25) is 14.9 Å². The number of aromatic nitrogens is 4. The molecule has 2 N–H and O–H groups in total. The van der Waals surface area contributed by atoms with E-state index in [-0.39, 0.29) is 11.2 Å². The van der Waals surface area contributed by atoms with E-state index in [4.69, 9.17) is 0 Å². The second-order valence-corrected chi connectivity index (χ2v) is 6.59. The zero-order valence-corrected chi connectivity index (χ0v) is 14.2. The van der Waals surface area contributed by atoms with Crippen molar-refractivity contribution in [2.75, 3.05) is 5.32 Å². The second kappa shape index (κ2) is 7.27. The molecule has 0 bridgehead atoms. The number of pyridine rings is 2. The fourth-order valence-corrected chi connectivity index (χ4v) is 3.00. The molecule has 7 heteroatoms. The number of rotatable bonds is 5. The van der Waals surface area contributed by atoms with Crippen LogP contribution in [0, 0.1) is 6.92 Å². The third-order valence-electron chi connectivity index (χ3n) is 3.52. The van der Waals surface area contributed by atoms with Crippen LogP contribution < -0.4 is 5.32 Å². The van der Waals surface area contributed by atoms with Gasteiger partial charge in [0, 0.05) is 29.7 Å². The fraction of sp³-hybridized carbons (Fsp3) is 0.176. The van der Waals surface area contributed by atoms with Crippen LogP contribution in [-0.2, 0) is 4.79 Å². The van der Waals surface area contributed by atoms with Crippen molar-refractivity contribution in [3.63, 3.8) is 0 Å². The largest absolute Gasteiger partial charge is 0.308 e. The van der Waals surface area contributed by atoms with E-state index < -0.39 is 0 Å². The van der Waals surface area contributed by atoms with Gasteiger partial charge in [0.2, 0.25) is 5.91 Å². The topological polar surface area (TPSA) is 83.6 Å². The molecule has 0 aliphatic rings. The molecule has 3 aromatic heterocycles. The molecule has 1 amide bonds. The van der Waals surface area contributed by atoms with E-state index in [1.165, 1.54) is 11.8 Å². The van der Waals surface area contributed by atoms with Gasteiger partial charge in [-0.25, -0.2) is 4.98 Å². The van der Waals surface area contributed by atoms with Crippen LogP contribution in [0.15, 0.2) is 53.9 Å². The standard InChI is InChI=1S/C17H17N5OS/c1-11-15(13-6-9-18-10-7-13)21-22-16(11)20-17(23)12(2)24-14-5-3-4-8-19-14/h3-10,12H,1-2H3,(H2,20,21,22,23)/t12-/m0/s1. The Morgan fingerprint density at radius 2 is 2.00 bits per heavy atom.